The topological polar surface area (TPSA) is 8.17 Å². The van der Waals surface area contributed by atoms with E-state index in [4.69, 9.17) is 0 Å². The molecule has 1 atom stereocenters. The Hall–Kier alpha value is -6.03. The van der Waals surface area contributed by atoms with Crippen molar-refractivity contribution in [1.82, 2.24) is 4.57 Å². The van der Waals surface area contributed by atoms with Crippen molar-refractivity contribution in [2.75, 3.05) is 4.90 Å². The smallest absolute Gasteiger partial charge is 0.0746 e. The van der Waals surface area contributed by atoms with Gasteiger partial charge in [-0.3, -0.25) is 0 Å². The van der Waals surface area contributed by atoms with E-state index in [0.29, 0.717) is 0 Å². The molecule has 2 heterocycles. The number of aromatic nitrogens is 1. The highest BCUT2D eigenvalue weighted by molar-refractivity contribution is 7.99. The molecule has 53 heavy (non-hydrogen) atoms. The molecule has 0 saturated heterocycles. The molecule has 0 fully saturated rings. The Morgan fingerprint density at radius 2 is 1.09 bits per heavy atom. The molecule has 1 aromatic heterocycles. The van der Waals surface area contributed by atoms with Crippen LogP contribution in [0, 0.1) is 0 Å². The number of allylic oxidation sites excluding steroid dienone is 3. The number of fused-ring (bicyclic) bond motifs is 16. The number of anilines is 2. The third kappa shape index (κ3) is 4.06. The Morgan fingerprint density at radius 3 is 1.72 bits per heavy atom. The maximum absolute atomic E-state index is 2.62. The largest absolute Gasteiger partial charge is 0.333 e. The van der Waals surface area contributed by atoms with Crippen molar-refractivity contribution in [2.45, 2.75) is 35.1 Å². The first-order chi connectivity index (χ1) is 26.2. The third-order valence-electron chi connectivity index (χ3n) is 11.8. The summed E-state index contributed by atoms with van der Waals surface area (Å²) in [6, 6.07) is 58.7. The second-order valence-electron chi connectivity index (χ2n) is 14.3. The predicted octanol–water partition coefficient (Wildman–Crippen LogP) is 13.5. The van der Waals surface area contributed by atoms with Crippen LogP contribution in [0.3, 0.4) is 0 Å². The van der Waals surface area contributed by atoms with E-state index in [9.17, 15) is 0 Å². The molecule has 252 valence electrons. The van der Waals surface area contributed by atoms with E-state index in [1.165, 1.54) is 87.5 Å². The fourth-order valence-corrected chi connectivity index (χ4v) is 10.8. The average molecular weight is 697 g/mol. The summed E-state index contributed by atoms with van der Waals surface area (Å²) >= 11 is 1.85. The summed E-state index contributed by atoms with van der Waals surface area (Å²) in [6.07, 6.45) is 6.98. The highest BCUT2D eigenvalue weighted by atomic mass is 32.2. The summed E-state index contributed by atoms with van der Waals surface area (Å²) in [4.78, 5) is 4.96. The number of benzene rings is 7. The Balaban J connectivity index is 1.16. The lowest BCUT2D eigenvalue weighted by Crippen LogP contribution is -2.27. The molecule has 0 N–H and O–H groups in total. The minimum absolute atomic E-state index is 0.0520. The summed E-state index contributed by atoms with van der Waals surface area (Å²) < 4.78 is 2.62. The van der Waals surface area contributed by atoms with Crippen molar-refractivity contribution < 1.29 is 0 Å². The highest BCUT2D eigenvalue weighted by Gasteiger charge is 2.53. The summed E-state index contributed by atoms with van der Waals surface area (Å²) in [5, 5.41) is 2.59. The van der Waals surface area contributed by atoms with Crippen molar-refractivity contribution in [3.63, 3.8) is 0 Å². The van der Waals surface area contributed by atoms with Gasteiger partial charge in [0.2, 0.25) is 0 Å². The number of nitrogens with zero attached hydrogens (tertiary/aromatic N) is 2. The summed E-state index contributed by atoms with van der Waals surface area (Å²) in [6.45, 7) is 4.51. The van der Waals surface area contributed by atoms with Crippen LogP contribution >= 0.6 is 11.8 Å². The van der Waals surface area contributed by atoms with Crippen LogP contribution in [-0.4, -0.2) is 4.57 Å². The maximum atomic E-state index is 2.62. The molecule has 0 bridgehead atoms. The normalized spacial score (nSPS) is 15.4. The van der Waals surface area contributed by atoms with Gasteiger partial charge in [-0.2, -0.15) is 0 Å². The molecule has 11 rings (SSSR count). The summed E-state index contributed by atoms with van der Waals surface area (Å²) in [7, 11) is 0. The fraction of sp³-hybridized carbons (Fsp3) is 0.0800. The second-order valence-corrected chi connectivity index (χ2v) is 15.4. The van der Waals surface area contributed by atoms with Gasteiger partial charge in [-0.25, -0.2) is 0 Å². The van der Waals surface area contributed by atoms with Crippen LogP contribution < -0.4 is 4.90 Å². The minimum atomic E-state index is -0.429. The molecule has 1 aliphatic heterocycles. The zero-order valence-electron chi connectivity index (χ0n) is 29.6. The molecular formula is C50H36N2S. The van der Waals surface area contributed by atoms with Gasteiger partial charge in [0.25, 0.3) is 0 Å². The monoisotopic (exact) mass is 696 g/mol. The lowest BCUT2D eigenvalue weighted by Gasteiger charge is -2.33. The van der Waals surface area contributed by atoms with Crippen molar-refractivity contribution in [2.24, 2.45) is 0 Å². The van der Waals surface area contributed by atoms with E-state index in [-0.39, 0.29) is 6.04 Å². The Labute approximate surface area is 314 Å². The van der Waals surface area contributed by atoms with Crippen LogP contribution in [0.4, 0.5) is 11.4 Å². The molecule has 0 saturated carbocycles. The standard InChI is InChI=1S/C50H36N2S/c1-3-33(52-44-24-12-14-26-46(44)53-47-27-15-13-25-45(47)52)29-28-32(2)51-43-23-11-7-19-37(43)39-31-30-38-36-18-6-10-22-42(36)50(48(38)49(39)51)40-20-8-4-16-34(40)35-17-5-9-21-41(35)50/h3-32H,1-2H3/b29-28-,33-3+. The summed E-state index contributed by atoms with van der Waals surface area (Å²) in [5.74, 6) is 0. The molecule has 0 amide bonds. The Bertz CT molecular complexity index is 2760. The van der Waals surface area contributed by atoms with Gasteiger partial charge in [0, 0.05) is 43.4 Å². The molecule has 2 aliphatic carbocycles. The van der Waals surface area contributed by atoms with E-state index in [1.807, 2.05) is 11.8 Å². The fourth-order valence-electron chi connectivity index (χ4n) is 9.70. The van der Waals surface area contributed by atoms with Gasteiger partial charge in [0.1, 0.15) is 0 Å². The molecular weight excluding hydrogens is 661 g/mol. The van der Waals surface area contributed by atoms with Crippen LogP contribution in [0.2, 0.25) is 0 Å². The SMILES string of the molecule is C/C=C(\C=C/C(C)n1c2ccccc2c2ccc3c(c21)C1(c2ccccc2-c2ccccc21)c1ccccc1-3)N1c2ccccc2Sc2ccccc21. The van der Waals surface area contributed by atoms with E-state index in [0.717, 1.165) is 5.70 Å². The molecule has 1 spiro atoms. The quantitative estimate of drug-likeness (QED) is 0.169. The van der Waals surface area contributed by atoms with Crippen LogP contribution in [0.25, 0.3) is 44.1 Å². The van der Waals surface area contributed by atoms with Gasteiger partial charge in [-0.1, -0.05) is 151 Å². The minimum Gasteiger partial charge on any atom is -0.333 e. The first-order valence-corrected chi connectivity index (χ1v) is 19.4. The zero-order valence-corrected chi connectivity index (χ0v) is 30.4. The second kappa shape index (κ2) is 11.5. The van der Waals surface area contributed by atoms with Gasteiger partial charge in [-0.05, 0) is 89.2 Å². The Morgan fingerprint density at radius 1 is 0.566 bits per heavy atom. The predicted molar refractivity (Wildman–Crippen MR) is 222 cm³/mol. The van der Waals surface area contributed by atoms with E-state index in [1.54, 1.807) is 0 Å². The van der Waals surface area contributed by atoms with Crippen LogP contribution in [0.5, 0.6) is 0 Å². The van der Waals surface area contributed by atoms with Crippen molar-refractivity contribution in [3.05, 3.63) is 204 Å². The maximum Gasteiger partial charge on any atom is 0.0746 e. The molecule has 0 radical (unpaired) electrons. The molecule has 3 aliphatic rings. The number of hydrogen-bond donors (Lipinski definition) is 0. The van der Waals surface area contributed by atoms with Crippen molar-refractivity contribution in [3.8, 4) is 22.3 Å². The van der Waals surface area contributed by atoms with Crippen LogP contribution in [0.15, 0.2) is 191 Å². The van der Waals surface area contributed by atoms with Gasteiger partial charge >= 0.3 is 0 Å². The van der Waals surface area contributed by atoms with Crippen molar-refractivity contribution >= 4 is 44.9 Å². The first-order valence-electron chi connectivity index (χ1n) is 18.6. The van der Waals surface area contributed by atoms with Gasteiger partial charge in [-0.15, -0.1) is 0 Å². The first kappa shape index (κ1) is 30.6. The van der Waals surface area contributed by atoms with Crippen LogP contribution in [0.1, 0.15) is 42.1 Å². The highest BCUT2D eigenvalue weighted by Crippen LogP contribution is 2.64. The Kier molecular flexibility index (Phi) is 6.63. The van der Waals surface area contributed by atoms with Gasteiger partial charge in [0.05, 0.1) is 22.3 Å². The lowest BCUT2D eigenvalue weighted by molar-refractivity contribution is 0.699. The molecule has 2 nitrogen and oxygen atoms in total. The van der Waals surface area contributed by atoms with Crippen molar-refractivity contribution in [1.29, 1.82) is 0 Å². The zero-order chi connectivity index (χ0) is 35.3. The number of para-hydroxylation sites is 3. The average Bonchev–Trinajstić information content (AvgIpc) is 3.82. The van der Waals surface area contributed by atoms with Gasteiger partial charge < -0.3 is 9.47 Å². The van der Waals surface area contributed by atoms with Crippen LogP contribution in [-0.2, 0) is 5.41 Å². The summed E-state index contributed by atoms with van der Waals surface area (Å²) in [5.41, 5.74) is 16.6. The molecule has 7 aromatic carbocycles. The molecule has 8 aromatic rings. The van der Waals surface area contributed by atoms with E-state index >= 15 is 0 Å². The number of hydrogen-bond acceptors (Lipinski definition) is 2. The van der Waals surface area contributed by atoms with E-state index < -0.39 is 5.41 Å². The number of rotatable bonds is 4. The van der Waals surface area contributed by atoms with Gasteiger partial charge in [0.15, 0.2) is 0 Å². The third-order valence-corrected chi connectivity index (χ3v) is 12.9. The lowest BCUT2D eigenvalue weighted by atomic mass is 9.70. The van der Waals surface area contributed by atoms with E-state index in [2.05, 4.69) is 199 Å². The molecule has 3 heteroatoms. The molecule has 1 unspecified atom stereocenters.